The Bertz CT molecular complexity index is 259. The first-order valence-electron chi connectivity index (χ1n) is 9.07. The molecule has 2 unspecified atom stereocenters. The van der Waals surface area contributed by atoms with Gasteiger partial charge in [0.25, 0.3) is 0 Å². The Kier molecular flexibility index (Phi) is 16.6. The monoisotopic (exact) mass is 440 g/mol. The minimum Gasteiger partial charge on any atom is -0.481 e. The van der Waals surface area contributed by atoms with Crippen molar-refractivity contribution in [1.82, 2.24) is 0 Å². The molecule has 0 aliphatic rings. The van der Waals surface area contributed by atoms with Crippen LogP contribution in [0.25, 0.3) is 0 Å². The van der Waals surface area contributed by atoms with Crippen molar-refractivity contribution in [3.63, 3.8) is 0 Å². The summed E-state index contributed by atoms with van der Waals surface area (Å²) in [6.45, 7) is 2.26. The molecule has 2 nitrogen and oxygen atoms in total. The SMILES string of the molecule is CCCCCCCCCCCC(Br)C(Br)CCCCC(=O)O. The molecule has 0 saturated heterocycles. The molecule has 1 N–H and O–H groups in total. The van der Waals surface area contributed by atoms with Crippen LogP contribution in [0.1, 0.15) is 96.8 Å². The molecule has 0 aliphatic carbocycles. The molecule has 0 aromatic rings. The van der Waals surface area contributed by atoms with E-state index in [9.17, 15) is 4.79 Å². The van der Waals surface area contributed by atoms with Crippen LogP contribution in [-0.2, 0) is 4.79 Å². The van der Waals surface area contributed by atoms with Crippen molar-refractivity contribution in [3.8, 4) is 0 Å². The van der Waals surface area contributed by atoms with Crippen LogP contribution in [-0.4, -0.2) is 20.7 Å². The quantitative estimate of drug-likeness (QED) is 0.205. The highest BCUT2D eigenvalue weighted by atomic mass is 79.9. The van der Waals surface area contributed by atoms with Gasteiger partial charge in [-0.3, -0.25) is 4.79 Å². The molecule has 2 atom stereocenters. The van der Waals surface area contributed by atoms with Crippen LogP contribution in [0, 0.1) is 0 Å². The van der Waals surface area contributed by atoms with E-state index in [0.717, 1.165) is 19.3 Å². The van der Waals surface area contributed by atoms with Crippen LogP contribution in [0.5, 0.6) is 0 Å². The Morgan fingerprint density at radius 2 is 1.18 bits per heavy atom. The second kappa shape index (κ2) is 16.3. The zero-order valence-electron chi connectivity index (χ0n) is 14.2. The van der Waals surface area contributed by atoms with Gasteiger partial charge in [-0.15, -0.1) is 0 Å². The number of alkyl halides is 2. The summed E-state index contributed by atoms with van der Waals surface area (Å²) < 4.78 is 0. The molecule has 22 heavy (non-hydrogen) atoms. The normalized spacial score (nSPS) is 14.0. The van der Waals surface area contributed by atoms with E-state index < -0.39 is 5.97 Å². The average Bonchev–Trinajstić information content (AvgIpc) is 2.49. The van der Waals surface area contributed by atoms with Crippen LogP contribution in [0.15, 0.2) is 0 Å². The number of hydrogen-bond donors (Lipinski definition) is 1. The number of carboxylic acids is 1. The summed E-state index contributed by atoms with van der Waals surface area (Å²) in [7, 11) is 0. The number of aliphatic carboxylic acids is 1. The number of halogens is 2. The third kappa shape index (κ3) is 15.3. The smallest absolute Gasteiger partial charge is 0.303 e. The van der Waals surface area contributed by atoms with E-state index in [1.807, 2.05) is 0 Å². The molecule has 0 bridgehead atoms. The predicted octanol–water partition coefficient (Wildman–Crippen LogP) is 7.08. The van der Waals surface area contributed by atoms with E-state index in [2.05, 4.69) is 38.8 Å². The maximum Gasteiger partial charge on any atom is 0.303 e. The molecule has 0 radical (unpaired) electrons. The first-order valence-corrected chi connectivity index (χ1v) is 10.9. The lowest BCUT2D eigenvalue weighted by Gasteiger charge is -2.16. The zero-order chi connectivity index (χ0) is 16.6. The summed E-state index contributed by atoms with van der Waals surface area (Å²) in [5, 5.41) is 8.61. The van der Waals surface area contributed by atoms with Crippen molar-refractivity contribution < 1.29 is 9.90 Å². The van der Waals surface area contributed by atoms with E-state index in [0.29, 0.717) is 16.1 Å². The van der Waals surface area contributed by atoms with E-state index >= 15 is 0 Å². The lowest BCUT2D eigenvalue weighted by Crippen LogP contribution is -2.14. The third-order valence-electron chi connectivity index (χ3n) is 4.10. The first-order chi connectivity index (χ1) is 10.6. The molecular formula is C18H34Br2O2. The van der Waals surface area contributed by atoms with Crippen molar-refractivity contribution >= 4 is 37.8 Å². The van der Waals surface area contributed by atoms with Crippen molar-refractivity contribution in [2.45, 2.75) is 106 Å². The van der Waals surface area contributed by atoms with Crippen LogP contribution in [0.4, 0.5) is 0 Å². The lowest BCUT2D eigenvalue weighted by molar-refractivity contribution is -0.137. The fourth-order valence-corrected chi connectivity index (χ4v) is 3.80. The summed E-state index contributed by atoms with van der Waals surface area (Å²) in [6, 6.07) is 0. The molecule has 132 valence electrons. The molecular weight excluding hydrogens is 408 g/mol. The van der Waals surface area contributed by atoms with Gasteiger partial charge in [-0.2, -0.15) is 0 Å². The number of rotatable bonds is 16. The fourth-order valence-electron chi connectivity index (χ4n) is 2.63. The summed E-state index contributed by atoms with van der Waals surface area (Å²) in [5.74, 6) is -0.684. The molecule has 0 amide bonds. The van der Waals surface area contributed by atoms with E-state index in [-0.39, 0.29) is 0 Å². The highest BCUT2D eigenvalue weighted by Gasteiger charge is 2.15. The van der Waals surface area contributed by atoms with Crippen LogP contribution in [0.3, 0.4) is 0 Å². The molecule has 0 fully saturated rings. The van der Waals surface area contributed by atoms with Crippen LogP contribution in [0.2, 0.25) is 0 Å². The Morgan fingerprint density at radius 3 is 1.64 bits per heavy atom. The third-order valence-corrected chi connectivity index (χ3v) is 7.00. The first kappa shape index (κ1) is 22.4. The van der Waals surface area contributed by atoms with Gasteiger partial charge in [-0.1, -0.05) is 103 Å². The summed E-state index contributed by atoms with van der Waals surface area (Å²) in [5.41, 5.74) is 0. The van der Waals surface area contributed by atoms with Gasteiger partial charge in [0.1, 0.15) is 0 Å². The molecule has 0 aromatic carbocycles. The minimum absolute atomic E-state index is 0.297. The number of carboxylic acid groups (broad SMARTS) is 1. The van der Waals surface area contributed by atoms with Crippen LogP contribution < -0.4 is 0 Å². The molecule has 0 aromatic heterocycles. The highest BCUT2D eigenvalue weighted by Crippen LogP contribution is 2.25. The van der Waals surface area contributed by atoms with Gasteiger partial charge in [-0.25, -0.2) is 0 Å². The molecule has 0 heterocycles. The van der Waals surface area contributed by atoms with E-state index in [4.69, 9.17) is 5.11 Å². The number of hydrogen-bond acceptors (Lipinski definition) is 1. The highest BCUT2D eigenvalue weighted by molar-refractivity contribution is 9.12. The van der Waals surface area contributed by atoms with Crippen LogP contribution >= 0.6 is 31.9 Å². The summed E-state index contributed by atoms with van der Waals surface area (Å²) in [4.78, 5) is 11.4. The molecule has 4 heteroatoms. The predicted molar refractivity (Wildman–Crippen MR) is 103 cm³/mol. The average molecular weight is 442 g/mol. The van der Waals surface area contributed by atoms with Crippen molar-refractivity contribution in [3.05, 3.63) is 0 Å². The van der Waals surface area contributed by atoms with Gasteiger partial charge in [0.2, 0.25) is 0 Å². The maximum atomic E-state index is 10.5. The Balaban J connectivity index is 3.36. The summed E-state index contributed by atoms with van der Waals surface area (Å²) >= 11 is 7.51. The van der Waals surface area contributed by atoms with Gasteiger partial charge >= 0.3 is 5.97 Å². The Morgan fingerprint density at radius 1 is 0.773 bits per heavy atom. The second-order valence-electron chi connectivity index (χ2n) is 6.29. The Hall–Kier alpha value is 0.430. The topological polar surface area (TPSA) is 37.3 Å². The van der Waals surface area contributed by atoms with Gasteiger partial charge in [-0.05, 0) is 19.3 Å². The molecule has 0 spiro atoms. The van der Waals surface area contributed by atoms with Gasteiger partial charge in [0.05, 0.1) is 0 Å². The van der Waals surface area contributed by atoms with Gasteiger partial charge in [0, 0.05) is 16.1 Å². The molecule has 0 aliphatic heterocycles. The zero-order valence-corrected chi connectivity index (χ0v) is 17.3. The van der Waals surface area contributed by atoms with Crippen molar-refractivity contribution in [2.24, 2.45) is 0 Å². The lowest BCUT2D eigenvalue weighted by atomic mass is 10.0. The van der Waals surface area contributed by atoms with Crippen molar-refractivity contribution in [1.29, 1.82) is 0 Å². The standard InChI is InChI=1S/C18H34Br2O2/c1-2-3-4-5-6-7-8-9-10-13-16(19)17(20)14-11-12-15-18(21)22/h16-17H,2-15H2,1H3,(H,21,22). The van der Waals surface area contributed by atoms with E-state index in [1.165, 1.54) is 64.2 Å². The maximum absolute atomic E-state index is 10.5. The number of carbonyl (C=O) groups is 1. The minimum atomic E-state index is -0.684. The number of unbranched alkanes of at least 4 members (excludes halogenated alkanes) is 9. The second-order valence-corrected chi connectivity index (χ2v) is 8.64. The fraction of sp³-hybridized carbons (Fsp3) is 0.944. The largest absolute Gasteiger partial charge is 0.481 e. The van der Waals surface area contributed by atoms with E-state index in [1.54, 1.807) is 0 Å². The molecule has 0 saturated carbocycles. The van der Waals surface area contributed by atoms with Gasteiger partial charge < -0.3 is 5.11 Å². The van der Waals surface area contributed by atoms with Gasteiger partial charge in [0.15, 0.2) is 0 Å². The molecule has 0 rings (SSSR count). The summed E-state index contributed by atoms with van der Waals surface area (Å²) in [6.07, 6.45) is 16.7. The van der Waals surface area contributed by atoms with Crippen molar-refractivity contribution in [2.75, 3.05) is 0 Å². The Labute approximate surface area is 154 Å².